The highest BCUT2D eigenvalue weighted by atomic mass is 19.1. The third-order valence-corrected chi connectivity index (χ3v) is 2.56. The number of benzene rings is 1. The lowest BCUT2D eigenvalue weighted by atomic mass is 10.2. The molecular weight excluding hydrogens is 283 g/mol. The van der Waals surface area contributed by atoms with Crippen molar-refractivity contribution in [3.05, 3.63) is 63.7 Å². The summed E-state index contributed by atoms with van der Waals surface area (Å²) < 4.78 is 18.2. The van der Waals surface area contributed by atoms with Crippen LogP contribution in [-0.2, 0) is 6.61 Å². The molecule has 0 unspecified atom stereocenters. The van der Waals surface area contributed by atoms with Gasteiger partial charge in [0.15, 0.2) is 5.75 Å². The van der Waals surface area contributed by atoms with E-state index in [0.29, 0.717) is 5.56 Å². The van der Waals surface area contributed by atoms with Crippen LogP contribution < -0.4 is 4.74 Å². The van der Waals surface area contributed by atoms with E-state index in [2.05, 4.69) is 4.98 Å². The number of carbonyl (C=O) groups is 1. The SMILES string of the molecule is O=C(O)c1cc(COc2ccc(F)cc2[N+](=O)[O-])ccn1. The van der Waals surface area contributed by atoms with Crippen LogP contribution in [0.2, 0.25) is 0 Å². The third kappa shape index (κ3) is 3.50. The Hall–Kier alpha value is -3.03. The summed E-state index contributed by atoms with van der Waals surface area (Å²) in [5.74, 6) is -2.04. The van der Waals surface area contributed by atoms with Crippen molar-refractivity contribution in [2.45, 2.75) is 6.61 Å². The van der Waals surface area contributed by atoms with Crippen LogP contribution in [0.5, 0.6) is 5.75 Å². The molecule has 7 nitrogen and oxygen atoms in total. The average Bonchev–Trinajstić information content (AvgIpc) is 2.46. The predicted molar refractivity (Wildman–Crippen MR) is 68.6 cm³/mol. The molecule has 8 heteroatoms. The molecular formula is C13H9FN2O5. The van der Waals surface area contributed by atoms with Gasteiger partial charge in [-0.2, -0.15) is 0 Å². The summed E-state index contributed by atoms with van der Waals surface area (Å²) in [5.41, 5.74) is -0.187. The topological polar surface area (TPSA) is 103 Å². The van der Waals surface area contributed by atoms with Gasteiger partial charge in [-0.15, -0.1) is 0 Å². The summed E-state index contributed by atoms with van der Waals surface area (Å²) >= 11 is 0. The highest BCUT2D eigenvalue weighted by Gasteiger charge is 2.16. The number of aromatic carboxylic acids is 1. The molecule has 0 radical (unpaired) electrons. The number of hydrogen-bond donors (Lipinski definition) is 1. The summed E-state index contributed by atoms with van der Waals surface area (Å²) in [7, 11) is 0. The highest BCUT2D eigenvalue weighted by Crippen LogP contribution is 2.28. The van der Waals surface area contributed by atoms with E-state index in [9.17, 15) is 19.3 Å². The van der Waals surface area contributed by atoms with Gasteiger partial charge in [-0.3, -0.25) is 10.1 Å². The standard InChI is InChI=1S/C13H9FN2O5/c14-9-1-2-12(11(6-9)16(19)20)21-7-8-3-4-15-10(5-8)13(17)18/h1-6H,7H2,(H,17,18). The molecule has 0 bridgehead atoms. The maximum absolute atomic E-state index is 13.0. The van der Waals surface area contributed by atoms with Gasteiger partial charge >= 0.3 is 11.7 Å². The van der Waals surface area contributed by atoms with Crippen LogP contribution in [0.1, 0.15) is 16.1 Å². The molecule has 1 N–H and O–H groups in total. The first-order valence-electron chi connectivity index (χ1n) is 5.72. The van der Waals surface area contributed by atoms with Crippen LogP contribution in [0.15, 0.2) is 36.5 Å². The third-order valence-electron chi connectivity index (χ3n) is 2.56. The molecule has 0 aliphatic heterocycles. The smallest absolute Gasteiger partial charge is 0.354 e. The summed E-state index contributed by atoms with van der Waals surface area (Å²) in [6.07, 6.45) is 1.29. The van der Waals surface area contributed by atoms with Gasteiger partial charge in [0.25, 0.3) is 0 Å². The van der Waals surface area contributed by atoms with E-state index < -0.39 is 22.4 Å². The number of carboxylic acids is 1. The van der Waals surface area contributed by atoms with Crippen molar-refractivity contribution in [1.29, 1.82) is 0 Å². The fourth-order valence-corrected chi connectivity index (χ4v) is 1.60. The number of halogens is 1. The Morgan fingerprint density at radius 2 is 2.14 bits per heavy atom. The Bertz CT molecular complexity index is 705. The summed E-state index contributed by atoms with van der Waals surface area (Å²) in [6, 6.07) is 5.74. The Morgan fingerprint density at radius 3 is 2.81 bits per heavy atom. The van der Waals surface area contributed by atoms with Crippen LogP contribution >= 0.6 is 0 Å². The average molecular weight is 292 g/mol. The number of nitrogens with zero attached hydrogens (tertiary/aromatic N) is 2. The minimum absolute atomic E-state index is 0.102. The number of nitro benzene ring substituents is 1. The highest BCUT2D eigenvalue weighted by molar-refractivity contribution is 5.85. The molecule has 1 aromatic heterocycles. The number of carboxylic acid groups (broad SMARTS) is 1. The summed E-state index contributed by atoms with van der Waals surface area (Å²) in [5, 5.41) is 19.6. The zero-order chi connectivity index (χ0) is 15.4. The van der Waals surface area contributed by atoms with Gasteiger partial charge in [-0.25, -0.2) is 14.2 Å². The number of aromatic nitrogens is 1. The summed E-state index contributed by atoms with van der Waals surface area (Å²) in [4.78, 5) is 24.5. The van der Waals surface area contributed by atoms with E-state index >= 15 is 0 Å². The maximum atomic E-state index is 13.0. The second kappa shape index (κ2) is 5.95. The fraction of sp³-hybridized carbons (Fsp3) is 0.0769. The van der Waals surface area contributed by atoms with Gasteiger partial charge in [0.05, 0.1) is 11.0 Å². The number of pyridine rings is 1. The Kier molecular flexibility index (Phi) is 4.07. The molecule has 0 amide bonds. The zero-order valence-corrected chi connectivity index (χ0v) is 10.5. The second-order valence-electron chi connectivity index (χ2n) is 4.01. The van der Waals surface area contributed by atoms with E-state index in [1.165, 1.54) is 18.3 Å². The molecule has 21 heavy (non-hydrogen) atoms. The lowest BCUT2D eigenvalue weighted by molar-refractivity contribution is -0.386. The molecule has 2 aromatic rings. The molecule has 0 saturated heterocycles. The van der Waals surface area contributed by atoms with Crippen molar-refractivity contribution < 1.29 is 24.0 Å². The molecule has 2 rings (SSSR count). The van der Waals surface area contributed by atoms with E-state index in [-0.39, 0.29) is 18.1 Å². The van der Waals surface area contributed by atoms with Crippen molar-refractivity contribution in [2.24, 2.45) is 0 Å². The molecule has 0 saturated carbocycles. The van der Waals surface area contributed by atoms with Gasteiger partial charge in [0.1, 0.15) is 18.1 Å². The van der Waals surface area contributed by atoms with Crippen molar-refractivity contribution >= 4 is 11.7 Å². The first-order valence-corrected chi connectivity index (χ1v) is 5.72. The van der Waals surface area contributed by atoms with Crippen LogP contribution in [0, 0.1) is 15.9 Å². The van der Waals surface area contributed by atoms with Gasteiger partial charge in [0.2, 0.25) is 0 Å². The van der Waals surface area contributed by atoms with Gasteiger partial charge < -0.3 is 9.84 Å². The zero-order valence-electron chi connectivity index (χ0n) is 10.5. The quantitative estimate of drug-likeness (QED) is 0.670. The maximum Gasteiger partial charge on any atom is 0.354 e. The van der Waals surface area contributed by atoms with E-state index in [1.54, 1.807) is 0 Å². The van der Waals surface area contributed by atoms with Gasteiger partial charge in [-0.1, -0.05) is 0 Å². The van der Waals surface area contributed by atoms with Crippen LogP contribution in [0.25, 0.3) is 0 Å². The Labute approximate surface area is 117 Å². The molecule has 0 aliphatic carbocycles. The van der Waals surface area contributed by atoms with Gasteiger partial charge in [-0.05, 0) is 29.8 Å². The molecule has 1 heterocycles. The first-order chi connectivity index (χ1) is 9.97. The Balaban J connectivity index is 2.18. The minimum atomic E-state index is -1.19. The lowest BCUT2D eigenvalue weighted by Gasteiger charge is -2.07. The monoisotopic (exact) mass is 292 g/mol. The number of rotatable bonds is 5. The Morgan fingerprint density at radius 1 is 1.38 bits per heavy atom. The number of nitro groups is 1. The first kappa shape index (κ1) is 14.4. The van der Waals surface area contributed by atoms with Crippen LogP contribution in [-0.4, -0.2) is 21.0 Å². The molecule has 0 aliphatic rings. The van der Waals surface area contributed by atoms with Crippen LogP contribution in [0.4, 0.5) is 10.1 Å². The molecule has 0 fully saturated rings. The molecule has 108 valence electrons. The number of hydrogen-bond acceptors (Lipinski definition) is 5. The number of ether oxygens (including phenoxy) is 1. The van der Waals surface area contributed by atoms with Crippen molar-refractivity contribution in [3.8, 4) is 5.75 Å². The minimum Gasteiger partial charge on any atom is -0.482 e. The van der Waals surface area contributed by atoms with Gasteiger partial charge in [0, 0.05) is 6.20 Å². The normalized spacial score (nSPS) is 10.1. The molecule has 0 atom stereocenters. The van der Waals surface area contributed by atoms with Crippen LogP contribution in [0.3, 0.4) is 0 Å². The van der Waals surface area contributed by atoms with Crippen molar-refractivity contribution in [1.82, 2.24) is 4.98 Å². The lowest BCUT2D eigenvalue weighted by Crippen LogP contribution is -2.04. The van der Waals surface area contributed by atoms with E-state index in [0.717, 1.165) is 18.2 Å². The second-order valence-corrected chi connectivity index (χ2v) is 4.01. The summed E-state index contributed by atoms with van der Waals surface area (Å²) in [6.45, 7) is -0.102. The van der Waals surface area contributed by atoms with Crippen molar-refractivity contribution in [2.75, 3.05) is 0 Å². The molecule has 0 spiro atoms. The predicted octanol–water partition coefficient (Wildman–Crippen LogP) is 2.41. The van der Waals surface area contributed by atoms with Crippen molar-refractivity contribution in [3.63, 3.8) is 0 Å². The molecule has 1 aromatic carbocycles. The van der Waals surface area contributed by atoms with E-state index in [4.69, 9.17) is 9.84 Å². The fourth-order valence-electron chi connectivity index (χ4n) is 1.60. The largest absolute Gasteiger partial charge is 0.482 e. The van der Waals surface area contributed by atoms with E-state index in [1.807, 2.05) is 0 Å².